The monoisotopic (exact) mass is 454 g/mol. The molecule has 168 valence electrons. The van der Waals surface area contributed by atoms with Crippen LogP contribution >= 0.6 is 11.6 Å². The highest BCUT2D eigenvalue weighted by Crippen LogP contribution is 2.41. The number of Topliss-reactive ketones (excluding diaryl/α,β-unsaturated/α-hetero) is 1. The molecule has 1 saturated heterocycles. The van der Waals surface area contributed by atoms with Crippen LogP contribution in [-0.4, -0.2) is 59.9 Å². The predicted octanol–water partition coefficient (Wildman–Crippen LogP) is 4.04. The van der Waals surface area contributed by atoms with Gasteiger partial charge in [0.1, 0.15) is 17.6 Å². The van der Waals surface area contributed by atoms with Crippen LogP contribution in [0.1, 0.15) is 36.1 Å². The minimum absolute atomic E-state index is 0.0659. The minimum atomic E-state index is -0.695. The quantitative estimate of drug-likeness (QED) is 0.405. The first kappa shape index (κ1) is 22.4. The molecule has 2 aromatic carbocycles. The third-order valence-electron chi connectivity index (χ3n) is 5.88. The van der Waals surface area contributed by atoms with Crippen LogP contribution in [0, 0.1) is 0 Å². The first-order chi connectivity index (χ1) is 15.3. The zero-order chi connectivity index (χ0) is 23.0. The number of likely N-dealkylation sites (tertiary alicyclic amines) is 1. The third kappa shape index (κ3) is 4.25. The number of halogens is 1. The summed E-state index contributed by atoms with van der Waals surface area (Å²) in [7, 11) is 3.92. The normalized spacial score (nSPS) is 21.8. The van der Waals surface area contributed by atoms with Crippen molar-refractivity contribution in [2.24, 2.45) is 0 Å². The van der Waals surface area contributed by atoms with Gasteiger partial charge >= 0.3 is 0 Å². The summed E-state index contributed by atoms with van der Waals surface area (Å²) in [6, 6.07) is 11.8. The maximum atomic E-state index is 13.1. The van der Waals surface area contributed by atoms with Crippen molar-refractivity contribution in [3.63, 3.8) is 0 Å². The van der Waals surface area contributed by atoms with Gasteiger partial charge in [0, 0.05) is 23.6 Å². The van der Waals surface area contributed by atoms with Gasteiger partial charge in [0.05, 0.1) is 11.6 Å². The highest BCUT2D eigenvalue weighted by Gasteiger charge is 2.45. The molecule has 1 fully saturated rings. The van der Waals surface area contributed by atoms with Gasteiger partial charge in [-0.3, -0.25) is 9.59 Å². The largest absolute Gasteiger partial charge is 0.507 e. The van der Waals surface area contributed by atoms with Gasteiger partial charge in [0.15, 0.2) is 0 Å². The Hall–Kier alpha value is -2.83. The second-order valence-corrected chi connectivity index (χ2v) is 9.10. The smallest absolute Gasteiger partial charge is 0.295 e. The molecule has 0 spiro atoms. The number of carbonyl (C=O) groups is 2. The number of carbonyl (C=O) groups excluding carboxylic acids is 2. The molecule has 0 saturated carbocycles. The predicted molar refractivity (Wildman–Crippen MR) is 124 cm³/mol. The van der Waals surface area contributed by atoms with E-state index in [0.717, 1.165) is 24.3 Å². The Morgan fingerprint density at radius 3 is 2.72 bits per heavy atom. The molecule has 0 radical (unpaired) electrons. The van der Waals surface area contributed by atoms with Crippen molar-refractivity contribution in [2.45, 2.75) is 31.9 Å². The van der Waals surface area contributed by atoms with E-state index >= 15 is 0 Å². The molecule has 6 nitrogen and oxygen atoms in total. The molecule has 4 rings (SSSR count). The van der Waals surface area contributed by atoms with Gasteiger partial charge in [-0.1, -0.05) is 23.7 Å². The average Bonchev–Trinajstić information content (AvgIpc) is 3.24. The summed E-state index contributed by atoms with van der Waals surface area (Å²) in [6.07, 6.45) is 1.49. The van der Waals surface area contributed by atoms with Crippen LogP contribution in [0.2, 0.25) is 5.02 Å². The Balaban J connectivity index is 1.78. The van der Waals surface area contributed by atoms with Crippen molar-refractivity contribution < 1.29 is 19.4 Å². The molecule has 1 amide bonds. The summed E-state index contributed by atoms with van der Waals surface area (Å²) in [5.41, 5.74) is 2.26. The SMILES string of the molecule is C[C@@H]1Cc2cc(/C(O)=C3\C(=O)C(=O)N(CCCN(C)C)[C@@H]3c3cccc(Cl)c3)ccc2O1. The number of ketones is 1. The Kier molecular flexibility index (Phi) is 6.26. The van der Waals surface area contributed by atoms with Gasteiger partial charge in [0.25, 0.3) is 11.7 Å². The molecule has 2 aliphatic heterocycles. The van der Waals surface area contributed by atoms with Crippen LogP contribution in [-0.2, 0) is 16.0 Å². The van der Waals surface area contributed by atoms with Gasteiger partial charge < -0.3 is 19.6 Å². The Bertz CT molecular complexity index is 1100. The van der Waals surface area contributed by atoms with Gasteiger partial charge in [-0.2, -0.15) is 0 Å². The molecule has 0 aliphatic carbocycles. The Morgan fingerprint density at radius 2 is 2.00 bits per heavy atom. The number of hydrogen-bond donors (Lipinski definition) is 1. The van der Waals surface area contributed by atoms with E-state index in [9.17, 15) is 14.7 Å². The molecule has 0 unspecified atom stereocenters. The average molecular weight is 455 g/mol. The summed E-state index contributed by atoms with van der Waals surface area (Å²) in [5, 5.41) is 11.7. The molecule has 32 heavy (non-hydrogen) atoms. The lowest BCUT2D eigenvalue weighted by Gasteiger charge is -2.26. The first-order valence-electron chi connectivity index (χ1n) is 10.7. The van der Waals surface area contributed by atoms with Crippen LogP contribution in [0.3, 0.4) is 0 Å². The number of amides is 1. The van der Waals surface area contributed by atoms with Crippen LogP contribution in [0.25, 0.3) is 5.76 Å². The van der Waals surface area contributed by atoms with Gasteiger partial charge in [-0.05, 0) is 75.4 Å². The molecule has 2 aliphatic rings. The van der Waals surface area contributed by atoms with Crippen molar-refractivity contribution >= 4 is 29.1 Å². The number of fused-ring (bicyclic) bond motifs is 1. The topological polar surface area (TPSA) is 70.1 Å². The van der Waals surface area contributed by atoms with Crippen LogP contribution in [0.5, 0.6) is 5.75 Å². The zero-order valence-corrected chi connectivity index (χ0v) is 19.2. The van der Waals surface area contributed by atoms with E-state index in [2.05, 4.69) is 0 Å². The lowest BCUT2D eigenvalue weighted by Crippen LogP contribution is -2.32. The zero-order valence-electron chi connectivity index (χ0n) is 18.5. The Labute approximate surface area is 193 Å². The molecule has 2 atom stereocenters. The Morgan fingerprint density at radius 1 is 1.22 bits per heavy atom. The van der Waals surface area contributed by atoms with E-state index in [-0.39, 0.29) is 17.4 Å². The number of benzene rings is 2. The maximum absolute atomic E-state index is 13.1. The lowest BCUT2D eigenvalue weighted by atomic mass is 9.94. The standard InChI is InChI=1S/C25H27ClN2O4/c1-15-12-18-13-17(8-9-20(18)32-15)23(29)21-22(16-6-4-7-19(26)14-16)28(25(31)24(21)30)11-5-10-27(2)3/h4,6-9,13-15,22,29H,5,10-12H2,1-3H3/b23-21+/t15-,22-/m1/s1. The molecular weight excluding hydrogens is 428 g/mol. The van der Waals surface area contributed by atoms with Gasteiger partial charge in [0.2, 0.25) is 0 Å². The van der Waals surface area contributed by atoms with E-state index < -0.39 is 17.7 Å². The number of rotatable bonds is 6. The number of aliphatic hydroxyl groups excluding tert-OH is 1. The molecule has 0 bridgehead atoms. The van der Waals surface area contributed by atoms with Gasteiger partial charge in [-0.25, -0.2) is 0 Å². The fourth-order valence-electron chi connectivity index (χ4n) is 4.42. The summed E-state index contributed by atoms with van der Waals surface area (Å²) < 4.78 is 5.74. The molecule has 1 N–H and O–H groups in total. The highest BCUT2D eigenvalue weighted by molar-refractivity contribution is 6.46. The van der Waals surface area contributed by atoms with Crippen molar-refractivity contribution in [3.8, 4) is 5.75 Å². The summed E-state index contributed by atoms with van der Waals surface area (Å²) >= 11 is 6.22. The lowest BCUT2D eigenvalue weighted by molar-refractivity contribution is -0.139. The highest BCUT2D eigenvalue weighted by atomic mass is 35.5. The number of nitrogens with zero attached hydrogens (tertiary/aromatic N) is 2. The van der Waals surface area contributed by atoms with Crippen molar-refractivity contribution in [2.75, 3.05) is 27.2 Å². The van der Waals surface area contributed by atoms with Gasteiger partial charge in [-0.15, -0.1) is 0 Å². The summed E-state index contributed by atoms with van der Waals surface area (Å²) in [5.74, 6) is -0.675. The van der Waals surface area contributed by atoms with Crippen molar-refractivity contribution in [1.82, 2.24) is 9.80 Å². The number of hydrogen-bond acceptors (Lipinski definition) is 5. The van der Waals surface area contributed by atoms with E-state index in [4.69, 9.17) is 16.3 Å². The van der Waals surface area contributed by atoms with Crippen molar-refractivity contribution in [1.29, 1.82) is 0 Å². The van der Waals surface area contributed by atoms with E-state index in [1.54, 1.807) is 35.2 Å². The maximum Gasteiger partial charge on any atom is 0.295 e. The fraction of sp³-hybridized carbons (Fsp3) is 0.360. The second-order valence-electron chi connectivity index (χ2n) is 8.66. The molecular formula is C25H27ClN2O4. The molecule has 0 aromatic heterocycles. The first-order valence-corrected chi connectivity index (χ1v) is 11.1. The number of aliphatic hydroxyl groups is 1. The van der Waals surface area contributed by atoms with Crippen LogP contribution in [0.15, 0.2) is 48.0 Å². The van der Waals surface area contributed by atoms with Crippen LogP contribution in [0.4, 0.5) is 0 Å². The number of ether oxygens (including phenoxy) is 1. The molecule has 2 aromatic rings. The van der Waals surface area contributed by atoms with E-state index in [0.29, 0.717) is 29.1 Å². The van der Waals surface area contributed by atoms with Crippen LogP contribution < -0.4 is 4.74 Å². The third-order valence-corrected chi connectivity index (χ3v) is 6.11. The van der Waals surface area contributed by atoms with E-state index in [1.807, 2.05) is 38.1 Å². The molecule has 7 heteroatoms. The van der Waals surface area contributed by atoms with E-state index in [1.165, 1.54) is 0 Å². The molecule has 2 heterocycles. The summed E-state index contributed by atoms with van der Waals surface area (Å²) in [4.78, 5) is 29.7. The van der Waals surface area contributed by atoms with Crippen molar-refractivity contribution in [3.05, 3.63) is 69.8 Å². The fourth-order valence-corrected chi connectivity index (χ4v) is 4.61. The second kappa shape index (κ2) is 8.96. The minimum Gasteiger partial charge on any atom is -0.507 e. The summed E-state index contributed by atoms with van der Waals surface area (Å²) in [6.45, 7) is 3.15.